The molecular weight excluding hydrogens is 427 g/mol. The van der Waals surface area contributed by atoms with Gasteiger partial charge in [-0.15, -0.1) is 0 Å². The minimum Gasteiger partial charge on any atom is -0.408 e. The molecule has 0 unspecified atom stereocenters. The summed E-state index contributed by atoms with van der Waals surface area (Å²) in [5.41, 5.74) is 3.42. The molecule has 1 saturated heterocycles. The number of aromatic nitrogens is 1. The van der Waals surface area contributed by atoms with Crippen LogP contribution < -0.4 is 15.4 Å². The second-order valence-corrected chi connectivity index (χ2v) is 8.46. The van der Waals surface area contributed by atoms with Gasteiger partial charge in [0.15, 0.2) is 5.75 Å². The monoisotopic (exact) mass is 456 g/mol. The number of amides is 2. The van der Waals surface area contributed by atoms with E-state index < -0.39 is 11.9 Å². The summed E-state index contributed by atoms with van der Waals surface area (Å²) >= 11 is 0. The summed E-state index contributed by atoms with van der Waals surface area (Å²) in [5, 5.41) is 5.69. The summed E-state index contributed by atoms with van der Waals surface area (Å²) in [5.74, 6) is -0.296. The highest BCUT2D eigenvalue weighted by molar-refractivity contribution is 6.34. The van der Waals surface area contributed by atoms with Crippen molar-refractivity contribution in [2.75, 3.05) is 38.7 Å². The Morgan fingerprint density at radius 2 is 2.06 bits per heavy atom. The van der Waals surface area contributed by atoms with E-state index in [1.54, 1.807) is 20.1 Å². The number of nitrogens with one attached hydrogen (secondary N) is 3. The van der Waals surface area contributed by atoms with Gasteiger partial charge in [-0.3, -0.25) is 4.79 Å². The molecule has 1 aromatic heterocycles. The Kier molecular flexibility index (Phi) is 6.80. The van der Waals surface area contributed by atoms with Gasteiger partial charge < -0.3 is 30.0 Å². The third-order valence-electron chi connectivity index (χ3n) is 6.18. The Morgan fingerprint density at radius 1 is 1.30 bits per heavy atom. The zero-order valence-corrected chi connectivity index (χ0v) is 19.1. The number of piperidine rings is 1. The van der Waals surface area contributed by atoms with Crippen LogP contribution in [0.3, 0.4) is 0 Å². The van der Waals surface area contributed by atoms with Crippen molar-refractivity contribution in [1.82, 2.24) is 15.2 Å². The van der Waals surface area contributed by atoms with Gasteiger partial charge in [-0.05, 0) is 51.0 Å². The Labute approximate surface area is 192 Å². The molecule has 2 aliphatic heterocycles. The van der Waals surface area contributed by atoms with E-state index in [9.17, 15) is 14.0 Å². The number of hydrogen-bond donors (Lipinski definition) is 3. The number of likely N-dealkylation sites (tertiary alicyclic amines) is 1. The average Bonchev–Trinajstić information content (AvgIpc) is 3.23. The quantitative estimate of drug-likeness (QED) is 0.579. The van der Waals surface area contributed by atoms with Crippen molar-refractivity contribution >= 4 is 29.3 Å². The van der Waals surface area contributed by atoms with Gasteiger partial charge in [0.05, 0.1) is 17.9 Å². The lowest BCUT2D eigenvalue weighted by Crippen LogP contribution is -2.46. The first-order valence-electron chi connectivity index (χ1n) is 11.1. The standard InChI is InChI=1S/C24H29FN4O4/c1-14-21(13-19-18-12-16(25)4-5-20(18)28-23(19)30)26-15(2)22(14)33-24(31)27-17-6-8-29(9-7-17)10-11-32-3/h4-5,12-13,17,26H,6-11H2,1-3H3,(H,27,31)(H,28,30)/b19-13-. The summed E-state index contributed by atoms with van der Waals surface area (Å²) in [7, 11) is 1.69. The van der Waals surface area contributed by atoms with Crippen LogP contribution >= 0.6 is 0 Å². The Bertz CT molecular complexity index is 1090. The van der Waals surface area contributed by atoms with Crippen molar-refractivity contribution in [2.24, 2.45) is 0 Å². The molecule has 4 rings (SSSR count). The van der Waals surface area contributed by atoms with Gasteiger partial charge in [-0.1, -0.05) is 0 Å². The molecule has 0 bridgehead atoms. The van der Waals surface area contributed by atoms with Crippen molar-refractivity contribution in [1.29, 1.82) is 0 Å². The van der Waals surface area contributed by atoms with Crippen molar-refractivity contribution in [3.8, 4) is 5.75 Å². The Balaban J connectivity index is 1.43. The van der Waals surface area contributed by atoms with E-state index in [1.165, 1.54) is 18.2 Å². The molecule has 176 valence electrons. The zero-order chi connectivity index (χ0) is 23.5. The number of ether oxygens (including phenoxy) is 2. The van der Waals surface area contributed by atoms with E-state index in [1.807, 2.05) is 6.92 Å². The second kappa shape index (κ2) is 9.76. The maximum absolute atomic E-state index is 13.7. The fourth-order valence-electron chi connectivity index (χ4n) is 4.31. The summed E-state index contributed by atoms with van der Waals surface area (Å²) in [6, 6.07) is 4.23. The molecule has 2 aliphatic rings. The minimum absolute atomic E-state index is 0.0611. The van der Waals surface area contributed by atoms with Gasteiger partial charge in [0.25, 0.3) is 5.91 Å². The number of nitrogens with zero attached hydrogens (tertiary/aromatic N) is 1. The number of rotatable bonds is 6. The highest BCUT2D eigenvalue weighted by atomic mass is 19.1. The molecule has 1 fully saturated rings. The van der Waals surface area contributed by atoms with Gasteiger partial charge in [-0.2, -0.15) is 0 Å². The number of hydrogen-bond acceptors (Lipinski definition) is 5. The summed E-state index contributed by atoms with van der Waals surface area (Å²) in [4.78, 5) is 30.4. The maximum atomic E-state index is 13.7. The first-order valence-corrected chi connectivity index (χ1v) is 11.1. The van der Waals surface area contributed by atoms with Crippen LogP contribution in [0.25, 0.3) is 11.6 Å². The maximum Gasteiger partial charge on any atom is 0.412 e. The predicted molar refractivity (Wildman–Crippen MR) is 124 cm³/mol. The first-order chi connectivity index (χ1) is 15.9. The lowest BCUT2D eigenvalue weighted by Gasteiger charge is -2.31. The number of anilines is 1. The van der Waals surface area contributed by atoms with Crippen LogP contribution in [0.1, 0.15) is 35.4 Å². The largest absolute Gasteiger partial charge is 0.412 e. The van der Waals surface area contributed by atoms with Crippen molar-refractivity contribution in [3.63, 3.8) is 0 Å². The van der Waals surface area contributed by atoms with Crippen LogP contribution in [0.15, 0.2) is 18.2 Å². The molecule has 0 atom stereocenters. The second-order valence-electron chi connectivity index (χ2n) is 8.46. The van der Waals surface area contributed by atoms with Gasteiger partial charge in [0.2, 0.25) is 0 Å². The number of aryl methyl sites for hydroxylation is 1. The number of H-pyrrole nitrogens is 1. The Morgan fingerprint density at radius 3 is 2.79 bits per heavy atom. The third kappa shape index (κ3) is 5.09. The van der Waals surface area contributed by atoms with Gasteiger partial charge >= 0.3 is 6.09 Å². The summed E-state index contributed by atoms with van der Waals surface area (Å²) in [6.07, 6.45) is 2.86. The SMILES string of the molecule is COCCN1CCC(NC(=O)Oc2c(C)[nH]c(/C=C3\C(=O)Nc4ccc(F)cc43)c2C)CC1. The molecular formula is C24H29FN4O4. The molecule has 3 N–H and O–H groups in total. The summed E-state index contributed by atoms with van der Waals surface area (Å²) < 4.78 is 24.5. The summed E-state index contributed by atoms with van der Waals surface area (Å²) in [6.45, 7) is 7.01. The molecule has 0 spiro atoms. The minimum atomic E-state index is -0.499. The molecule has 8 nitrogen and oxygen atoms in total. The molecule has 9 heteroatoms. The fraction of sp³-hybridized carbons (Fsp3) is 0.417. The van der Waals surface area contributed by atoms with Crippen molar-refractivity contribution in [2.45, 2.75) is 32.7 Å². The van der Waals surface area contributed by atoms with Gasteiger partial charge in [0, 0.05) is 55.3 Å². The average molecular weight is 457 g/mol. The van der Waals surface area contributed by atoms with E-state index in [-0.39, 0.29) is 11.9 Å². The molecule has 0 saturated carbocycles. The van der Waals surface area contributed by atoms with E-state index in [2.05, 4.69) is 20.5 Å². The smallest absolute Gasteiger partial charge is 0.408 e. The van der Waals surface area contributed by atoms with Gasteiger partial charge in [-0.25, -0.2) is 9.18 Å². The molecule has 2 amide bonds. The number of halogens is 1. The molecule has 2 aromatic rings. The highest BCUT2D eigenvalue weighted by Gasteiger charge is 2.26. The topological polar surface area (TPSA) is 95.7 Å². The fourth-order valence-corrected chi connectivity index (χ4v) is 4.31. The highest BCUT2D eigenvalue weighted by Crippen LogP contribution is 2.35. The van der Waals surface area contributed by atoms with Crippen LogP contribution in [0.4, 0.5) is 14.9 Å². The van der Waals surface area contributed by atoms with Crippen LogP contribution in [0, 0.1) is 19.7 Å². The number of aromatic amines is 1. The lowest BCUT2D eigenvalue weighted by atomic mass is 10.0. The van der Waals surface area contributed by atoms with Crippen molar-refractivity contribution in [3.05, 3.63) is 46.5 Å². The zero-order valence-electron chi connectivity index (χ0n) is 19.1. The molecule has 1 aromatic carbocycles. The van der Waals surface area contributed by atoms with E-state index >= 15 is 0 Å². The normalized spacial score (nSPS) is 17.8. The molecule has 33 heavy (non-hydrogen) atoms. The van der Waals surface area contributed by atoms with E-state index in [0.29, 0.717) is 46.1 Å². The van der Waals surface area contributed by atoms with Crippen LogP contribution in [-0.2, 0) is 9.53 Å². The van der Waals surface area contributed by atoms with E-state index in [4.69, 9.17) is 9.47 Å². The first kappa shape index (κ1) is 23.0. The third-order valence-corrected chi connectivity index (χ3v) is 6.18. The van der Waals surface area contributed by atoms with Crippen molar-refractivity contribution < 1.29 is 23.5 Å². The number of methoxy groups -OCH3 is 1. The number of carbonyl (C=O) groups is 2. The number of fused-ring (bicyclic) bond motifs is 1. The van der Waals surface area contributed by atoms with Crippen LogP contribution in [0.5, 0.6) is 5.75 Å². The number of carbonyl (C=O) groups excluding carboxylic acids is 2. The molecule has 3 heterocycles. The molecule has 0 radical (unpaired) electrons. The van der Waals surface area contributed by atoms with Gasteiger partial charge in [0.1, 0.15) is 5.82 Å². The van der Waals surface area contributed by atoms with Crippen LogP contribution in [-0.4, -0.2) is 61.3 Å². The van der Waals surface area contributed by atoms with E-state index in [0.717, 1.165) is 32.5 Å². The Hall–Kier alpha value is -3.17. The van der Waals surface area contributed by atoms with Crippen LogP contribution in [0.2, 0.25) is 0 Å². The lowest BCUT2D eigenvalue weighted by molar-refractivity contribution is -0.110. The molecule has 0 aliphatic carbocycles. The predicted octanol–water partition coefficient (Wildman–Crippen LogP) is 3.46. The number of benzene rings is 1.